The van der Waals surface area contributed by atoms with Crippen LogP contribution in [0.15, 0.2) is 0 Å². The molecule has 1 atom stereocenters. The van der Waals surface area contributed by atoms with E-state index in [-0.39, 0.29) is 0 Å². The van der Waals surface area contributed by atoms with Crippen LogP contribution < -0.4 is 0 Å². The molecule has 1 unspecified atom stereocenters. The van der Waals surface area contributed by atoms with E-state index in [1.54, 1.807) is 0 Å². The van der Waals surface area contributed by atoms with Crippen LogP contribution in [0.1, 0.15) is 71.6 Å². The summed E-state index contributed by atoms with van der Waals surface area (Å²) in [6.45, 7) is 5.11. The van der Waals surface area contributed by atoms with Crippen LogP contribution in [0, 0.1) is 0 Å². The third kappa shape index (κ3) is 12.3. The molecule has 0 aliphatic heterocycles. The van der Waals surface area contributed by atoms with Gasteiger partial charge in [0.15, 0.2) is 0 Å². The van der Waals surface area contributed by atoms with Crippen LogP contribution in [0.25, 0.3) is 0 Å². The molecule has 0 bridgehead atoms. The smallest absolute Gasteiger partial charge is 0.0605 e. The Morgan fingerprint density at radius 1 is 0.938 bits per heavy atom. The zero-order valence-corrected chi connectivity index (χ0v) is 11.9. The molecule has 0 radical (unpaired) electrons. The molecule has 0 saturated heterocycles. The van der Waals surface area contributed by atoms with Crippen LogP contribution in [-0.2, 0) is 4.74 Å². The van der Waals surface area contributed by atoms with Gasteiger partial charge < -0.3 is 4.74 Å². The first-order valence-electron chi connectivity index (χ1n) is 6.98. The third-order valence-corrected chi connectivity index (χ3v) is 3.10. The lowest BCUT2D eigenvalue weighted by Gasteiger charge is -2.11. The van der Waals surface area contributed by atoms with Crippen molar-refractivity contribution in [1.29, 1.82) is 0 Å². The van der Waals surface area contributed by atoms with Crippen LogP contribution in [-0.4, -0.2) is 18.6 Å². The summed E-state index contributed by atoms with van der Waals surface area (Å²) in [4.78, 5) is 0. The van der Waals surface area contributed by atoms with Crippen molar-refractivity contribution >= 4 is 11.6 Å². The maximum atomic E-state index is 5.56. The van der Waals surface area contributed by atoms with Gasteiger partial charge in [-0.25, -0.2) is 0 Å². The lowest BCUT2D eigenvalue weighted by Crippen LogP contribution is -2.09. The zero-order chi connectivity index (χ0) is 12.1. The van der Waals surface area contributed by atoms with Crippen molar-refractivity contribution in [2.24, 2.45) is 0 Å². The highest BCUT2D eigenvalue weighted by Crippen LogP contribution is 2.11. The fraction of sp³-hybridized carbons (Fsp3) is 1.00. The topological polar surface area (TPSA) is 9.23 Å². The average Bonchev–Trinajstić information content (AvgIpc) is 2.30. The van der Waals surface area contributed by atoms with Crippen LogP contribution in [0.2, 0.25) is 0 Å². The van der Waals surface area contributed by atoms with E-state index >= 15 is 0 Å². The molecule has 0 fully saturated rings. The minimum atomic E-state index is 0.388. The molecule has 1 nitrogen and oxygen atoms in total. The number of halogens is 1. The van der Waals surface area contributed by atoms with Gasteiger partial charge in [0, 0.05) is 5.88 Å². The van der Waals surface area contributed by atoms with E-state index in [4.69, 9.17) is 16.3 Å². The Bertz CT molecular complexity index is 128. The first-order valence-corrected chi connectivity index (χ1v) is 7.52. The summed E-state index contributed by atoms with van der Waals surface area (Å²) in [7, 11) is 0. The van der Waals surface area contributed by atoms with Gasteiger partial charge >= 0.3 is 0 Å². The van der Waals surface area contributed by atoms with Crippen molar-refractivity contribution < 1.29 is 4.74 Å². The molecule has 0 rings (SSSR count). The molecule has 0 spiro atoms. The number of hydrogen-bond acceptors (Lipinski definition) is 1. The maximum Gasteiger partial charge on any atom is 0.0605 e. The molecule has 0 aromatic rings. The molecule has 2 heteroatoms. The Kier molecular flexibility index (Phi) is 13.5. The number of hydrogen-bond donors (Lipinski definition) is 0. The summed E-state index contributed by atoms with van der Waals surface area (Å²) in [6.07, 6.45) is 12.6. The van der Waals surface area contributed by atoms with Crippen LogP contribution in [0.5, 0.6) is 0 Å². The Balaban J connectivity index is 3.02. The summed E-state index contributed by atoms with van der Waals surface area (Å²) in [6, 6.07) is 0. The third-order valence-electron chi connectivity index (χ3n) is 2.94. The summed E-state index contributed by atoms with van der Waals surface area (Å²) in [5.41, 5.74) is 0. The van der Waals surface area contributed by atoms with Gasteiger partial charge in [-0.15, -0.1) is 11.6 Å². The summed E-state index contributed by atoms with van der Waals surface area (Å²) < 4.78 is 5.52. The Morgan fingerprint density at radius 3 is 2.06 bits per heavy atom. The first kappa shape index (κ1) is 16.2. The highest BCUT2D eigenvalue weighted by Gasteiger charge is 2.00. The predicted molar refractivity (Wildman–Crippen MR) is 73.4 cm³/mol. The maximum absolute atomic E-state index is 5.56. The average molecular weight is 249 g/mol. The molecular formula is C14H29ClO. The van der Waals surface area contributed by atoms with E-state index in [0.717, 1.165) is 0 Å². The SMILES string of the molecule is CCCCCCCCCCC(C)OCCCl. The fourth-order valence-electron chi connectivity index (χ4n) is 1.89. The Hall–Kier alpha value is 0.250. The van der Waals surface area contributed by atoms with Crippen molar-refractivity contribution in [2.75, 3.05) is 12.5 Å². The van der Waals surface area contributed by atoms with Gasteiger partial charge in [-0.1, -0.05) is 58.3 Å². The molecule has 0 aliphatic rings. The molecule has 0 aromatic heterocycles. The lowest BCUT2D eigenvalue weighted by molar-refractivity contribution is 0.0697. The van der Waals surface area contributed by atoms with Crippen molar-refractivity contribution in [3.63, 3.8) is 0 Å². The quantitative estimate of drug-likeness (QED) is 0.342. The highest BCUT2D eigenvalue weighted by atomic mass is 35.5. The normalized spacial score (nSPS) is 12.9. The standard InChI is InChI=1S/C14H29ClO/c1-3-4-5-6-7-8-9-10-11-14(2)16-13-12-15/h14H,3-13H2,1-2H3. The van der Waals surface area contributed by atoms with Gasteiger partial charge in [0.1, 0.15) is 0 Å². The monoisotopic (exact) mass is 248 g/mol. The molecule has 0 N–H and O–H groups in total. The van der Waals surface area contributed by atoms with Gasteiger partial charge in [-0.2, -0.15) is 0 Å². The molecule has 0 saturated carbocycles. The van der Waals surface area contributed by atoms with E-state index in [0.29, 0.717) is 18.6 Å². The summed E-state index contributed by atoms with van der Waals surface area (Å²) >= 11 is 5.56. The molecule has 0 aromatic carbocycles. The van der Waals surface area contributed by atoms with E-state index in [1.807, 2.05) is 0 Å². The predicted octanol–water partition coefficient (Wildman–Crippen LogP) is 5.16. The van der Waals surface area contributed by atoms with Gasteiger partial charge in [-0.05, 0) is 13.3 Å². The van der Waals surface area contributed by atoms with Crippen LogP contribution in [0.4, 0.5) is 0 Å². The number of ether oxygens (including phenoxy) is 1. The van der Waals surface area contributed by atoms with Crippen LogP contribution in [0.3, 0.4) is 0 Å². The highest BCUT2D eigenvalue weighted by molar-refractivity contribution is 6.17. The summed E-state index contributed by atoms with van der Waals surface area (Å²) in [5.74, 6) is 0.613. The van der Waals surface area contributed by atoms with E-state index < -0.39 is 0 Å². The number of alkyl halides is 1. The molecule has 16 heavy (non-hydrogen) atoms. The first-order chi connectivity index (χ1) is 7.81. The largest absolute Gasteiger partial charge is 0.377 e. The Labute approximate surface area is 107 Å². The van der Waals surface area contributed by atoms with Crippen molar-refractivity contribution in [1.82, 2.24) is 0 Å². The molecule has 98 valence electrons. The Morgan fingerprint density at radius 2 is 1.50 bits per heavy atom. The lowest BCUT2D eigenvalue weighted by atomic mass is 10.1. The second-order valence-corrected chi connectivity index (χ2v) is 5.01. The van der Waals surface area contributed by atoms with Crippen molar-refractivity contribution in [3.8, 4) is 0 Å². The summed E-state index contributed by atoms with van der Waals surface area (Å²) in [5, 5.41) is 0. The zero-order valence-electron chi connectivity index (χ0n) is 11.1. The molecule has 0 heterocycles. The van der Waals surface area contributed by atoms with Gasteiger partial charge in [-0.3, -0.25) is 0 Å². The van der Waals surface area contributed by atoms with Crippen molar-refractivity contribution in [2.45, 2.75) is 77.7 Å². The number of unbranched alkanes of at least 4 members (excludes halogenated alkanes) is 7. The van der Waals surface area contributed by atoms with E-state index in [1.165, 1.54) is 57.8 Å². The van der Waals surface area contributed by atoms with Gasteiger partial charge in [0.25, 0.3) is 0 Å². The molecule has 0 aliphatic carbocycles. The molecule has 0 amide bonds. The minimum absolute atomic E-state index is 0.388. The second-order valence-electron chi connectivity index (χ2n) is 4.63. The molecular weight excluding hydrogens is 220 g/mol. The fourth-order valence-corrected chi connectivity index (χ4v) is 1.98. The van der Waals surface area contributed by atoms with Crippen LogP contribution >= 0.6 is 11.6 Å². The second kappa shape index (κ2) is 13.3. The van der Waals surface area contributed by atoms with Gasteiger partial charge in [0.05, 0.1) is 12.7 Å². The van der Waals surface area contributed by atoms with Gasteiger partial charge in [0.2, 0.25) is 0 Å². The van der Waals surface area contributed by atoms with E-state index in [9.17, 15) is 0 Å². The number of rotatable bonds is 12. The minimum Gasteiger partial charge on any atom is -0.377 e. The van der Waals surface area contributed by atoms with E-state index in [2.05, 4.69) is 13.8 Å². The van der Waals surface area contributed by atoms with Crippen molar-refractivity contribution in [3.05, 3.63) is 0 Å².